The minimum atomic E-state index is 0.605. The summed E-state index contributed by atoms with van der Waals surface area (Å²) in [6, 6.07) is 32.4. The standard InChI is InChI=1S/C31H20BrN5/c32-28-18-26(25-7-4-14-34-20-25)17-27(19-28)31-36-29(23-5-2-1-3-6-23)35-30(37-31)24-10-8-21(9-11-24)22-12-15-33-16-13-22/h1-20H. The summed E-state index contributed by atoms with van der Waals surface area (Å²) in [7, 11) is 0. The van der Waals surface area contributed by atoms with Gasteiger partial charge in [-0.15, -0.1) is 0 Å². The van der Waals surface area contributed by atoms with Crippen molar-refractivity contribution in [1.29, 1.82) is 0 Å². The van der Waals surface area contributed by atoms with Gasteiger partial charge < -0.3 is 0 Å². The van der Waals surface area contributed by atoms with Crippen molar-refractivity contribution < 1.29 is 0 Å². The summed E-state index contributed by atoms with van der Waals surface area (Å²) in [5.74, 6) is 1.85. The van der Waals surface area contributed by atoms with Crippen LogP contribution in [-0.4, -0.2) is 24.9 Å². The Morgan fingerprint density at radius 3 is 1.65 bits per heavy atom. The van der Waals surface area contributed by atoms with Gasteiger partial charge in [0.1, 0.15) is 0 Å². The molecule has 0 spiro atoms. The van der Waals surface area contributed by atoms with Crippen LogP contribution in [0.2, 0.25) is 0 Å². The molecule has 0 aliphatic rings. The molecule has 0 amide bonds. The van der Waals surface area contributed by atoms with E-state index in [9.17, 15) is 0 Å². The first-order chi connectivity index (χ1) is 18.2. The number of aromatic nitrogens is 5. The summed E-state index contributed by atoms with van der Waals surface area (Å²) in [4.78, 5) is 23.0. The van der Waals surface area contributed by atoms with Crippen LogP contribution in [0.3, 0.4) is 0 Å². The Kier molecular flexibility index (Phi) is 6.31. The predicted octanol–water partition coefficient (Wildman–Crippen LogP) is 7.76. The maximum Gasteiger partial charge on any atom is 0.164 e. The highest BCUT2D eigenvalue weighted by Gasteiger charge is 2.14. The number of nitrogens with zero attached hydrogens (tertiary/aromatic N) is 5. The topological polar surface area (TPSA) is 64.5 Å². The second-order valence-electron chi connectivity index (χ2n) is 8.46. The molecule has 0 N–H and O–H groups in total. The summed E-state index contributed by atoms with van der Waals surface area (Å²) < 4.78 is 0.939. The first-order valence-corrected chi connectivity index (χ1v) is 12.6. The monoisotopic (exact) mass is 541 g/mol. The molecular formula is C31H20BrN5. The van der Waals surface area contributed by atoms with Crippen LogP contribution in [0.4, 0.5) is 0 Å². The highest BCUT2D eigenvalue weighted by atomic mass is 79.9. The molecule has 0 aliphatic carbocycles. The average molecular weight is 542 g/mol. The lowest BCUT2D eigenvalue weighted by molar-refractivity contribution is 1.07. The van der Waals surface area contributed by atoms with E-state index in [-0.39, 0.29) is 0 Å². The molecule has 3 heterocycles. The maximum atomic E-state index is 4.91. The molecule has 0 saturated heterocycles. The van der Waals surface area contributed by atoms with Crippen molar-refractivity contribution >= 4 is 15.9 Å². The third-order valence-corrected chi connectivity index (χ3v) is 6.43. The highest BCUT2D eigenvalue weighted by Crippen LogP contribution is 2.31. The number of rotatable bonds is 5. The summed E-state index contributed by atoms with van der Waals surface area (Å²) in [5, 5.41) is 0. The van der Waals surface area contributed by atoms with E-state index in [2.05, 4.69) is 50.2 Å². The van der Waals surface area contributed by atoms with Gasteiger partial charge in [-0.1, -0.05) is 76.6 Å². The molecule has 0 radical (unpaired) electrons. The Labute approximate surface area is 223 Å². The molecule has 37 heavy (non-hydrogen) atoms. The number of pyridine rings is 2. The largest absolute Gasteiger partial charge is 0.265 e. The van der Waals surface area contributed by atoms with Gasteiger partial charge in [-0.25, -0.2) is 15.0 Å². The molecular weight excluding hydrogens is 522 g/mol. The van der Waals surface area contributed by atoms with Gasteiger partial charge in [-0.2, -0.15) is 0 Å². The lowest BCUT2D eigenvalue weighted by Gasteiger charge is -2.11. The SMILES string of the molecule is Brc1cc(-c2cccnc2)cc(-c2nc(-c3ccccc3)nc(-c3ccc(-c4ccncc4)cc3)n2)c1. The van der Waals surface area contributed by atoms with Gasteiger partial charge in [0, 0.05) is 51.5 Å². The van der Waals surface area contributed by atoms with Crippen molar-refractivity contribution in [3.05, 3.63) is 126 Å². The van der Waals surface area contributed by atoms with Crippen LogP contribution in [0.1, 0.15) is 0 Å². The molecule has 0 fully saturated rings. The molecule has 176 valence electrons. The summed E-state index contributed by atoms with van der Waals surface area (Å²) in [6.45, 7) is 0. The van der Waals surface area contributed by atoms with Crippen molar-refractivity contribution in [1.82, 2.24) is 24.9 Å². The minimum Gasteiger partial charge on any atom is -0.265 e. The third kappa shape index (κ3) is 5.06. The van der Waals surface area contributed by atoms with Gasteiger partial charge in [0.05, 0.1) is 0 Å². The Bertz CT molecular complexity index is 1660. The molecule has 0 atom stereocenters. The predicted molar refractivity (Wildman–Crippen MR) is 150 cm³/mol. The van der Waals surface area contributed by atoms with Gasteiger partial charge in [-0.05, 0) is 53.1 Å². The van der Waals surface area contributed by atoms with Crippen LogP contribution in [-0.2, 0) is 0 Å². The molecule has 6 heteroatoms. The molecule has 0 aliphatic heterocycles. The molecule has 3 aromatic heterocycles. The molecule has 6 rings (SSSR count). The lowest BCUT2D eigenvalue weighted by atomic mass is 10.0. The fourth-order valence-electron chi connectivity index (χ4n) is 4.13. The van der Waals surface area contributed by atoms with E-state index < -0.39 is 0 Å². The Morgan fingerprint density at radius 2 is 0.973 bits per heavy atom. The quantitative estimate of drug-likeness (QED) is 0.223. The third-order valence-electron chi connectivity index (χ3n) is 5.98. The van der Waals surface area contributed by atoms with Crippen molar-refractivity contribution in [2.24, 2.45) is 0 Å². The molecule has 0 saturated carbocycles. The number of benzene rings is 3. The van der Waals surface area contributed by atoms with Crippen LogP contribution in [0.5, 0.6) is 0 Å². The van der Waals surface area contributed by atoms with E-state index in [0.29, 0.717) is 17.5 Å². The van der Waals surface area contributed by atoms with E-state index >= 15 is 0 Å². The van der Waals surface area contributed by atoms with Crippen LogP contribution in [0.15, 0.2) is 126 Å². The fraction of sp³-hybridized carbons (Fsp3) is 0. The summed E-state index contributed by atoms with van der Waals surface area (Å²) >= 11 is 3.67. The Morgan fingerprint density at radius 1 is 0.405 bits per heavy atom. The second kappa shape index (κ2) is 10.2. The van der Waals surface area contributed by atoms with Crippen molar-refractivity contribution in [3.8, 4) is 56.4 Å². The van der Waals surface area contributed by atoms with Crippen molar-refractivity contribution in [2.45, 2.75) is 0 Å². The van der Waals surface area contributed by atoms with Gasteiger partial charge in [0.25, 0.3) is 0 Å². The van der Waals surface area contributed by atoms with E-state index in [1.807, 2.05) is 79.0 Å². The van der Waals surface area contributed by atoms with E-state index in [1.165, 1.54) is 0 Å². The molecule has 0 unspecified atom stereocenters. The van der Waals surface area contributed by atoms with Gasteiger partial charge >= 0.3 is 0 Å². The van der Waals surface area contributed by atoms with Gasteiger partial charge in [0.15, 0.2) is 17.5 Å². The molecule has 6 aromatic rings. The number of halogens is 1. The lowest BCUT2D eigenvalue weighted by Crippen LogP contribution is -2.00. The van der Waals surface area contributed by atoms with Crippen LogP contribution >= 0.6 is 15.9 Å². The zero-order valence-electron chi connectivity index (χ0n) is 19.7. The van der Waals surface area contributed by atoms with E-state index in [1.54, 1.807) is 18.6 Å². The fourth-order valence-corrected chi connectivity index (χ4v) is 4.62. The van der Waals surface area contributed by atoms with Gasteiger partial charge in [0.2, 0.25) is 0 Å². The summed E-state index contributed by atoms with van der Waals surface area (Å²) in [6.07, 6.45) is 7.22. The maximum absolute atomic E-state index is 4.91. The van der Waals surface area contributed by atoms with Crippen LogP contribution in [0, 0.1) is 0 Å². The minimum absolute atomic E-state index is 0.605. The number of hydrogen-bond donors (Lipinski definition) is 0. The highest BCUT2D eigenvalue weighted by molar-refractivity contribution is 9.10. The molecule has 0 bridgehead atoms. The van der Waals surface area contributed by atoms with E-state index in [0.717, 1.165) is 43.4 Å². The Balaban J connectivity index is 1.47. The normalized spacial score (nSPS) is 10.8. The smallest absolute Gasteiger partial charge is 0.164 e. The van der Waals surface area contributed by atoms with E-state index in [4.69, 9.17) is 15.0 Å². The first-order valence-electron chi connectivity index (χ1n) is 11.8. The van der Waals surface area contributed by atoms with Crippen molar-refractivity contribution in [2.75, 3.05) is 0 Å². The van der Waals surface area contributed by atoms with Gasteiger partial charge in [-0.3, -0.25) is 9.97 Å². The second-order valence-corrected chi connectivity index (χ2v) is 9.37. The van der Waals surface area contributed by atoms with Crippen LogP contribution in [0.25, 0.3) is 56.4 Å². The summed E-state index contributed by atoms with van der Waals surface area (Å²) in [5.41, 5.74) is 7.01. The van der Waals surface area contributed by atoms with Crippen molar-refractivity contribution in [3.63, 3.8) is 0 Å². The molecule has 3 aromatic carbocycles. The zero-order chi connectivity index (χ0) is 25.0. The average Bonchev–Trinajstić information content (AvgIpc) is 2.98. The Hall–Kier alpha value is -4.55. The first kappa shape index (κ1) is 22.9. The zero-order valence-corrected chi connectivity index (χ0v) is 21.2. The molecule has 5 nitrogen and oxygen atoms in total. The van der Waals surface area contributed by atoms with Crippen LogP contribution < -0.4 is 0 Å². The number of hydrogen-bond acceptors (Lipinski definition) is 5.